The van der Waals surface area contributed by atoms with Crippen molar-refractivity contribution < 1.29 is 31.9 Å². The number of nitrogens with one attached hydrogen (secondary N) is 1. The van der Waals surface area contributed by atoms with E-state index < -0.39 is 37.9 Å². The van der Waals surface area contributed by atoms with Crippen molar-refractivity contribution in [1.29, 1.82) is 0 Å². The third-order valence-electron chi connectivity index (χ3n) is 3.65. The molecule has 0 heterocycles. The van der Waals surface area contributed by atoms with Gasteiger partial charge >= 0.3 is 11.7 Å². The summed E-state index contributed by atoms with van der Waals surface area (Å²) in [6, 6.07) is 3.92. The lowest BCUT2D eigenvalue weighted by atomic mass is 9.76. The first-order valence-electron chi connectivity index (χ1n) is 6.37. The molecular weight excluding hydrogens is 320 g/mol. The summed E-state index contributed by atoms with van der Waals surface area (Å²) >= 11 is 0. The minimum absolute atomic E-state index is 0.000686. The number of benzene rings is 1. The molecule has 6 nitrogen and oxygen atoms in total. The Balaban J connectivity index is 2.17. The molecule has 120 valence electrons. The Morgan fingerprint density at radius 1 is 1.18 bits per heavy atom. The smallest absolute Gasteiger partial charge is 0.341 e. The topological polar surface area (TPSA) is 101 Å². The molecule has 1 aliphatic rings. The normalized spacial score (nSPS) is 16.9. The number of hydrogen-bond donors (Lipinski definition) is 2. The van der Waals surface area contributed by atoms with Crippen molar-refractivity contribution in [2.75, 3.05) is 0 Å². The largest absolute Gasteiger partial charge is 0.480 e. The Bertz CT molecular complexity index is 696. The summed E-state index contributed by atoms with van der Waals surface area (Å²) in [6.45, 7) is 0. The highest BCUT2D eigenvalue weighted by atomic mass is 32.2. The summed E-state index contributed by atoms with van der Waals surface area (Å²) in [5.41, 5.74) is -1.30. The second-order valence-corrected chi connectivity index (χ2v) is 6.94. The highest BCUT2D eigenvalue weighted by molar-refractivity contribution is 7.91. The first kappa shape index (κ1) is 16.3. The highest BCUT2D eigenvalue weighted by Gasteiger charge is 2.45. The van der Waals surface area contributed by atoms with Gasteiger partial charge in [-0.2, -0.15) is 8.78 Å². The van der Waals surface area contributed by atoms with Crippen molar-refractivity contribution >= 4 is 21.7 Å². The number of halogens is 2. The Morgan fingerprint density at radius 2 is 1.73 bits per heavy atom. The average molecular weight is 333 g/mol. The van der Waals surface area contributed by atoms with Crippen LogP contribution in [0.5, 0.6) is 0 Å². The zero-order valence-electron chi connectivity index (χ0n) is 11.3. The maximum atomic E-state index is 12.4. The van der Waals surface area contributed by atoms with Gasteiger partial charge in [0.15, 0.2) is 0 Å². The summed E-state index contributed by atoms with van der Waals surface area (Å²) in [7, 11) is -4.72. The molecule has 22 heavy (non-hydrogen) atoms. The van der Waals surface area contributed by atoms with E-state index in [9.17, 15) is 26.8 Å². The SMILES string of the molecule is O=C(NC1(C(=O)O)CCC1)c1ccc(S(=O)(=O)C(F)F)cc1. The molecule has 9 heteroatoms. The van der Waals surface area contributed by atoms with Crippen LogP contribution < -0.4 is 5.32 Å². The summed E-state index contributed by atoms with van der Waals surface area (Å²) in [5.74, 6) is -5.37. The molecule has 1 aromatic carbocycles. The Hall–Kier alpha value is -2.03. The van der Waals surface area contributed by atoms with Crippen LogP contribution in [0.25, 0.3) is 0 Å². The third kappa shape index (κ3) is 2.80. The van der Waals surface area contributed by atoms with Crippen molar-refractivity contribution in [3.8, 4) is 0 Å². The van der Waals surface area contributed by atoms with Gasteiger partial charge in [0.1, 0.15) is 5.54 Å². The average Bonchev–Trinajstić information content (AvgIpc) is 2.42. The molecule has 0 spiro atoms. The molecule has 1 saturated carbocycles. The molecule has 0 atom stereocenters. The van der Waals surface area contributed by atoms with Crippen LogP contribution in [0, 0.1) is 0 Å². The minimum atomic E-state index is -4.72. The van der Waals surface area contributed by atoms with Gasteiger partial charge in [-0.15, -0.1) is 0 Å². The molecule has 1 aliphatic carbocycles. The second kappa shape index (κ2) is 5.64. The van der Waals surface area contributed by atoms with E-state index in [0.717, 1.165) is 24.3 Å². The summed E-state index contributed by atoms with van der Waals surface area (Å²) in [6.07, 6.45) is 1.30. The Kier molecular flexibility index (Phi) is 4.19. The van der Waals surface area contributed by atoms with Crippen LogP contribution >= 0.6 is 0 Å². The summed E-state index contributed by atoms with van der Waals surface area (Å²) < 4.78 is 47.3. The van der Waals surface area contributed by atoms with Crippen LogP contribution in [-0.4, -0.2) is 36.7 Å². The number of amides is 1. The van der Waals surface area contributed by atoms with Crippen molar-refractivity contribution in [3.63, 3.8) is 0 Å². The number of sulfone groups is 1. The molecular formula is C13H13F2NO5S. The number of carboxylic acid groups (broad SMARTS) is 1. The quantitative estimate of drug-likeness (QED) is 0.849. The fraction of sp³-hybridized carbons (Fsp3) is 0.385. The number of carbonyl (C=O) groups excluding carboxylic acids is 1. The molecule has 0 radical (unpaired) electrons. The molecule has 0 bridgehead atoms. The number of aliphatic carboxylic acids is 1. The number of rotatable bonds is 5. The van der Waals surface area contributed by atoms with E-state index >= 15 is 0 Å². The number of carboxylic acids is 1. The van der Waals surface area contributed by atoms with Gasteiger partial charge in [-0.3, -0.25) is 4.79 Å². The number of alkyl halides is 2. The fourth-order valence-electron chi connectivity index (χ4n) is 2.11. The van der Waals surface area contributed by atoms with E-state index in [4.69, 9.17) is 5.11 Å². The van der Waals surface area contributed by atoms with Crippen LogP contribution in [0.3, 0.4) is 0 Å². The van der Waals surface area contributed by atoms with Crippen LogP contribution in [-0.2, 0) is 14.6 Å². The lowest BCUT2D eigenvalue weighted by molar-refractivity contribution is -0.148. The Labute approximate surface area is 125 Å². The predicted molar refractivity (Wildman–Crippen MR) is 71.3 cm³/mol. The van der Waals surface area contributed by atoms with E-state index in [0.29, 0.717) is 19.3 Å². The predicted octanol–water partition coefficient (Wildman–Crippen LogP) is 1.42. The van der Waals surface area contributed by atoms with Gasteiger partial charge in [0.2, 0.25) is 9.84 Å². The van der Waals surface area contributed by atoms with Crippen LogP contribution in [0.4, 0.5) is 8.78 Å². The van der Waals surface area contributed by atoms with E-state index in [1.807, 2.05) is 0 Å². The zero-order valence-corrected chi connectivity index (χ0v) is 12.1. The molecule has 0 saturated heterocycles. The Morgan fingerprint density at radius 3 is 2.09 bits per heavy atom. The van der Waals surface area contributed by atoms with E-state index in [1.54, 1.807) is 0 Å². The van der Waals surface area contributed by atoms with Crippen molar-refractivity contribution in [2.24, 2.45) is 0 Å². The molecule has 1 amide bonds. The number of carbonyl (C=O) groups is 2. The zero-order chi connectivity index (χ0) is 16.5. The molecule has 0 unspecified atom stereocenters. The first-order valence-corrected chi connectivity index (χ1v) is 7.92. The third-order valence-corrected chi connectivity index (χ3v) is 5.05. The standard InChI is InChI=1S/C13H13F2NO5S/c14-12(15)22(20,21)9-4-2-8(3-5-9)10(17)16-13(11(18)19)6-1-7-13/h2-5,12H,1,6-7H2,(H,16,17)(H,18,19). The number of hydrogen-bond acceptors (Lipinski definition) is 4. The molecule has 2 rings (SSSR count). The fourth-order valence-corrected chi connectivity index (χ4v) is 2.83. The maximum Gasteiger partial charge on any atom is 0.341 e. The molecule has 1 fully saturated rings. The van der Waals surface area contributed by atoms with Crippen LogP contribution in [0.15, 0.2) is 29.2 Å². The van der Waals surface area contributed by atoms with Gasteiger partial charge in [0.25, 0.3) is 5.91 Å². The van der Waals surface area contributed by atoms with Crippen LogP contribution in [0.2, 0.25) is 0 Å². The monoisotopic (exact) mass is 333 g/mol. The van der Waals surface area contributed by atoms with Gasteiger partial charge in [0.05, 0.1) is 4.90 Å². The van der Waals surface area contributed by atoms with Gasteiger partial charge in [0, 0.05) is 5.56 Å². The summed E-state index contributed by atoms with van der Waals surface area (Å²) in [5, 5.41) is 11.5. The molecule has 2 N–H and O–H groups in total. The van der Waals surface area contributed by atoms with Gasteiger partial charge in [-0.05, 0) is 43.5 Å². The van der Waals surface area contributed by atoms with E-state index in [-0.39, 0.29) is 5.56 Å². The van der Waals surface area contributed by atoms with Gasteiger partial charge in [-0.1, -0.05) is 0 Å². The lowest BCUT2D eigenvalue weighted by Gasteiger charge is -2.38. The molecule has 0 aliphatic heterocycles. The lowest BCUT2D eigenvalue weighted by Crippen LogP contribution is -2.59. The van der Waals surface area contributed by atoms with Gasteiger partial charge < -0.3 is 10.4 Å². The van der Waals surface area contributed by atoms with E-state index in [2.05, 4.69) is 5.32 Å². The first-order chi connectivity index (χ1) is 10.2. The molecule has 0 aromatic heterocycles. The maximum absolute atomic E-state index is 12.4. The minimum Gasteiger partial charge on any atom is -0.480 e. The molecule has 1 aromatic rings. The van der Waals surface area contributed by atoms with Crippen molar-refractivity contribution in [3.05, 3.63) is 29.8 Å². The van der Waals surface area contributed by atoms with Crippen molar-refractivity contribution in [2.45, 2.75) is 35.5 Å². The highest BCUT2D eigenvalue weighted by Crippen LogP contribution is 2.32. The van der Waals surface area contributed by atoms with Crippen molar-refractivity contribution in [1.82, 2.24) is 5.32 Å². The van der Waals surface area contributed by atoms with E-state index in [1.165, 1.54) is 0 Å². The van der Waals surface area contributed by atoms with Gasteiger partial charge in [-0.25, -0.2) is 13.2 Å². The second-order valence-electron chi connectivity index (χ2n) is 5.02. The van der Waals surface area contributed by atoms with Crippen LogP contribution in [0.1, 0.15) is 29.6 Å². The summed E-state index contributed by atoms with van der Waals surface area (Å²) in [4.78, 5) is 22.5.